The quantitative estimate of drug-likeness (QED) is 0.886. The van der Waals surface area contributed by atoms with Crippen LogP contribution in [0.3, 0.4) is 0 Å². The van der Waals surface area contributed by atoms with Crippen LogP contribution in [0, 0.1) is 0 Å². The third-order valence-corrected chi connectivity index (χ3v) is 4.10. The average molecular weight is 255 g/mol. The minimum Gasteiger partial charge on any atom is -0.328 e. The van der Waals surface area contributed by atoms with Crippen LogP contribution in [0.2, 0.25) is 0 Å². The predicted molar refractivity (Wildman–Crippen MR) is 78.8 cm³/mol. The zero-order valence-electron chi connectivity index (χ0n) is 11.2. The molecule has 100 valence electrons. The van der Waals surface area contributed by atoms with Crippen molar-refractivity contribution in [1.82, 2.24) is 10.3 Å². The minimum absolute atomic E-state index is 0.414. The molecule has 1 aromatic heterocycles. The molecule has 0 amide bonds. The maximum atomic E-state index is 5.94. The van der Waals surface area contributed by atoms with Crippen LogP contribution >= 0.6 is 0 Å². The number of aromatic nitrogens is 1. The van der Waals surface area contributed by atoms with Gasteiger partial charge in [0.1, 0.15) is 0 Å². The van der Waals surface area contributed by atoms with Crippen molar-refractivity contribution in [3.63, 3.8) is 0 Å². The summed E-state index contributed by atoms with van der Waals surface area (Å²) in [5.41, 5.74) is 7.23. The lowest BCUT2D eigenvalue weighted by Crippen LogP contribution is -2.37. The summed E-state index contributed by atoms with van der Waals surface area (Å²) in [5.74, 6) is 0. The van der Waals surface area contributed by atoms with Gasteiger partial charge >= 0.3 is 0 Å². The van der Waals surface area contributed by atoms with Crippen LogP contribution in [0.5, 0.6) is 0 Å². The second-order valence-electron chi connectivity index (χ2n) is 5.51. The highest BCUT2D eigenvalue weighted by Gasteiger charge is 2.17. The Morgan fingerprint density at radius 2 is 1.89 bits per heavy atom. The molecule has 19 heavy (non-hydrogen) atoms. The van der Waals surface area contributed by atoms with E-state index in [9.17, 15) is 0 Å². The van der Waals surface area contributed by atoms with Crippen LogP contribution in [-0.4, -0.2) is 17.1 Å². The van der Waals surface area contributed by atoms with Gasteiger partial charge in [-0.05, 0) is 36.6 Å². The van der Waals surface area contributed by atoms with E-state index in [-0.39, 0.29) is 0 Å². The number of nitrogens with one attached hydrogen (secondary N) is 1. The molecule has 1 saturated carbocycles. The highest BCUT2D eigenvalue weighted by atomic mass is 14.9. The van der Waals surface area contributed by atoms with Crippen LogP contribution in [0.15, 0.2) is 36.7 Å². The predicted octanol–water partition coefficient (Wildman–Crippen LogP) is 2.59. The first kappa shape index (κ1) is 12.6. The second-order valence-corrected chi connectivity index (χ2v) is 5.51. The summed E-state index contributed by atoms with van der Waals surface area (Å²) < 4.78 is 0. The molecule has 3 N–H and O–H groups in total. The minimum atomic E-state index is 0.414. The van der Waals surface area contributed by atoms with Gasteiger partial charge in [0.15, 0.2) is 0 Å². The van der Waals surface area contributed by atoms with Crippen LogP contribution in [0.1, 0.15) is 31.2 Å². The van der Waals surface area contributed by atoms with Crippen molar-refractivity contribution in [3.8, 4) is 0 Å². The number of hydrogen-bond acceptors (Lipinski definition) is 3. The Hall–Kier alpha value is -1.45. The third kappa shape index (κ3) is 2.94. The van der Waals surface area contributed by atoms with Gasteiger partial charge in [-0.2, -0.15) is 0 Å². The standard InChI is InChI=1S/C16H21N3/c17-14-5-7-15(8-6-14)19-11-13-10-18-9-12-3-1-2-4-16(12)13/h1-4,9-10,14-15,19H,5-8,11,17H2. The number of nitrogens with two attached hydrogens (primary N) is 1. The van der Waals surface area contributed by atoms with E-state index in [4.69, 9.17) is 5.73 Å². The molecule has 0 radical (unpaired) electrons. The molecule has 3 nitrogen and oxygen atoms in total. The Labute approximate surface area is 114 Å². The molecule has 0 unspecified atom stereocenters. The van der Waals surface area contributed by atoms with E-state index in [0.717, 1.165) is 19.4 Å². The number of hydrogen-bond donors (Lipinski definition) is 2. The van der Waals surface area contributed by atoms with E-state index < -0.39 is 0 Å². The summed E-state index contributed by atoms with van der Waals surface area (Å²) >= 11 is 0. The topological polar surface area (TPSA) is 50.9 Å². The molecule has 0 atom stereocenters. The molecule has 0 saturated heterocycles. The van der Waals surface area contributed by atoms with E-state index in [1.165, 1.54) is 29.2 Å². The van der Waals surface area contributed by atoms with Crippen LogP contribution in [-0.2, 0) is 6.54 Å². The van der Waals surface area contributed by atoms with Crippen LogP contribution in [0.4, 0.5) is 0 Å². The van der Waals surface area contributed by atoms with Gasteiger partial charge in [-0.25, -0.2) is 0 Å². The Kier molecular flexibility index (Phi) is 3.76. The van der Waals surface area contributed by atoms with Crippen molar-refractivity contribution in [1.29, 1.82) is 0 Å². The average Bonchev–Trinajstić information content (AvgIpc) is 2.47. The van der Waals surface area contributed by atoms with Gasteiger partial charge in [-0.15, -0.1) is 0 Å². The molecule has 0 bridgehead atoms. The highest BCUT2D eigenvalue weighted by Crippen LogP contribution is 2.20. The first-order chi connectivity index (χ1) is 9.33. The number of nitrogens with zero attached hydrogens (tertiary/aromatic N) is 1. The molecule has 2 aromatic rings. The molecule has 0 aliphatic heterocycles. The molecule has 3 heteroatoms. The van der Waals surface area contributed by atoms with Crippen molar-refractivity contribution < 1.29 is 0 Å². The van der Waals surface area contributed by atoms with Gasteiger partial charge in [0.25, 0.3) is 0 Å². The van der Waals surface area contributed by atoms with E-state index in [1.807, 2.05) is 12.4 Å². The smallest absolute Gasteiger partial charge is 0.0346 e. The monoisotopic (exact) mass is 255 g/mol. The number of rotatable bonds is 3. The number of benzene rings is 1. The molecular weight excluding hydrogens is 234 g/mol. The zero-order valence-corrected chi connectivity index (χ0v) is 11.2. The molecule has 3 rings (SSSR count). The summed E-state index contributed by atoms with van der Waals surface area (Å²) in [7, 11) is 0. The summed E-state index contributed by atoms with van der Waals surface area (Å²) in [5, 5.41) is 6.17. The van der Waals surface area contributed by atoms with E-state index in [1.54, 1.807) is 0 Å². The Bertz CT molecular complexity index is 539. The van der Waals surface area contributed by atoms with E-state index in [2.05, 4.69) is 34.6 Å². The first-order valence-corrected chi connectivity index (χ1v) is 7.13. The lowest BCUT2D eigenvalue weighted by atomic mass is 9.91. The highest BCUT2D eigenvalue weighted by molar-refractivity contribution is 5.84. The molecular formula is C16H21N3. The normalized spacial score (nSPS) is 23.6. The largest absolute Gasteiger partial charge is 0.328 e. The molecule has 1 fully saturated rings. The molecule has 1 aromatic carbocycles. The fraction of sp³-hybridized carbons (Fsp3) is 0.438. The van der Waals surface area contributed by atoms with Gasteiger partial charge in [-0.3, -0.25) is 4.98 Å². The maximum absolute atomic E-state index is 5.94. The summed E-state index contributed by atoms with van der Waals surface area (Å²) in [6, 6.07) is 9.46. The summed E-state index contributed by atoms with van der Waals surface area (Å²) in [6.45, 7) is 0.897. The Morgan fingerprint density at radius 3 is 2.74 bits per heavy atom. The van der Waals surface area contributed by atoms with Crippen molar-refractivity contribution in [3.05, 3.63) is 42.2 Å². The molecule has 1 aliphatic carbocycles. The zero-order chi connectivity index (χ0) is 13.1. The maximum Gasteiger partial charge on any atom is 0.0346 e. The third-order valence-electron chi connectivity index (χ3n) is 4.10. The van der Waals surface area contributed by atoms with Gasteiger partial charge in [0.2, 0.25) is 0 Å². The van der Waals surface area contributed by atoms with Gasteiger partial charge in [0.05, 0.1) is 0 Å². The lowest BCUT2D eigenvalue weighted by molar-refractivity contribution is 0.342. The second kappa shape index (κ2) is 5.68. The molecule has 0 spiro atoms. The first-order valence-electron chi connectivity index (χ1n) is 7.13. The van der Waals surface area contributed by atoms with E-state index in [0.29, 0.717) is 12.1 Å². The van der Waals surface area contributed by atoms with Crippen molar-refractivity contribution >= 4 is 10.8 Å². The van der Waals surface area contributed by atoms with Gasteiger partial charge in [0, 0.05) is 36.4 Å². The molecule has 1 aliphatic rings. The van der Waals surface area contributed by atoms with Gasteiger partial charge < -0.3 is 11.1 Å². The van der Waals surface area contributed by atoms with Crippen molar-refractivity contribution in [2.45, 2.75) is 44.3 Å². The lowest BCUT2D eigenvalue weighted by Gasteiger charge is -2.27. The Balaban J connectivity index is 1.68. The summed E-state index contributed by atoms with van der Waals surface area (Å²) in [4.78, 5) is 4.33. The fourth-order valence-corrected chi connectivity index (χ4v) is 2.90. The van der Waals surface area contributed by atoms with Crippen molar-refractivity contribution in [2.24, 2.45) is 5.73 Å². The van der Waals surface area contributed by atoms with Crippen molar-refractivity contribution in [2.75, 3.05) is 0 Å². The van der Waals surface area contributed by atoms with Gasteiger partial charge in [-0.1, -0.05) is 24.3 Å². The Morgan fingerprint density at radius 1 is 1.11 bits per heavy atom. The summed E-state index contributed by atoms with van der Waals surface area (Å²) in [6.07, 6.45) is 8.58. The van der Waals surface area contributed by atoms with E-state index >= 15 is 0 Å². The number of pyridine rings is 1. The SMILES string of the molecule is NC1CCC(NCc2cncc3ccccc23)CC1. The van der Waals surface area contributed by atoms with Crippen LogP contribution < -0.4 is 11.1 Å². The number of fused-ring (bicyclic) bond motifs is 1. The fourth-order valence-electron chi connectivity index (χ4n) is 2.90. The van der Waals surface area contributed by atoms with Crippen LogP contribution in [0.25, 0.3) is 10.8 Å². The molecule has 1 heterocycles.